The zero-order valence-electron chi connectivity index (χ0n) is 5.56. The molecule has 3 saturated carbocycles. The van der Waals surface area contributed by atoms with Crippen LogP contribution in [0.1, 0.15) is 32.1 Å². The van der Waals surface area contributed by atoms with Crippen LogP contribution in [0.4, 0.5) is 0 Å². The van der Waals surface area contributed by atoms with E-state index in [-0.39, 0.29) is 5.41 Å². The topological polar surface area (TPSA) is 23.8 Å². The van der Waals surface area contributed by atoms with E-state index >= 15 is 0 Å². The van der Waals surface area contributed by atoms with Crippen molar-refractivity contribution in [3.63, 3.8) is 0 Å². The first-order chi connectivity index (χ1) is 4.35. The van der Waals surface area contributed by atoms with E-state index in [1.807, 2.05) is 0 Å². The maximum absolute atomic E-state index is 8.74. The monoisotopic (exact) mass is 121 g/mol. The molecular weight excluding hydrogens is 110 g/mol. The van der Waals surface area contributed by atoms with Gasteiger partial charge in [0.1, 0.15) is 0 Å². The van der Waals surface area contributed by atoms with Gasteiger partial charge in [-0.05, 0) is 25.2 Å². The van der Waals surface area contributed by atoms with E-state index < -0.39 is 0 Å². The lowest BCUT2D eigenvalue weighted by Crippen LogP contribution is -2.39. The third-order valence-electron chi connectivity index (χ3n) is 2.86. The first-order valence-electron chi connectivity index (χ1n) is 3.76. The summed E-state index contributed by atoms with van der Waals surface area (Å²) < 4.78 is 0. The molecule has 2 bridgehead atoms. The molecule has 0 radical (unpaired) electrons. The molecule has 0 unspecified atom stereocenters. The third kappa shape index (κ3) is 0.594. The van der Waals surface area contributed by atoms with Crippen molar-refractivity contribution in [1.82, 2.24) is 0 Å². The van der Waals surface area contributed by atoms with Crippen LogP contribution < -0.4 is 0 Å². The Bertz CT molecular complexity index is 154. The van der Waals surface area contributed by atoms with Gasteiger partial charge in [0.05, 0.1) is 11.5 Å². The second-order valence-corrected chi connectivity index (χ2v) is 3.56. The molecule has 0 aromatic heterocycles. The Morgan fingerprint density at radius 2 is 2.22 bits per heavy atom. The van der Waals surface area contributed by atoms with E-state index in [4.69, 9.17) is 5.26 Å². The number of hydrogen-bond donors (Lipinski definition) is 0. The maximum atomic E-state index is 8.74. The van der Waals surface area contributed by atoms with Crippen molar-refractivity contribution in [3.8, 4) is 6.07 Å². The molecule has 0 aliphatic heterocycles. The number of hydrogen-bond acceptors (Lipinski definition) is 1. The quantitative estimate of drug-likeness (QED) is 0.481. The molecule has 0 atom stereocenters. The smallest absolute Gasteiger partial charge is 0.0689 e. The zero-order chi connectivity index (χ0) is 6.32. The molecule has 3 aliphatic rings. The fourth-order valence-electron chi connectivity index (χ4n) is 2.33. The second-order valence-electron chi connectivity index (χ2n) is 3.56. The fourth-order valence-corrected chi connectivity index (χ4v) is 2.33. The van der Waals surface area contributed by atoms with Gasteiger partial charge in [0.2, 0.25) is 0 Å². The van der Waals surface area contributed by atoms with Gasteiger partial charge in [0, 0.05) is 0 Å². The van der Waals surface area contributed by atoms with Crippen molar-refractivity contribution < 1.29 is 0 Å². The first-order valence-corrected chi connectivity index (χ1v) is 3.76. The number of nitriles is 1. The van der Waals surface area contributed by atoms with Gasteiger partial charge in [-0.2, -0.15) is 5.26 Å². The summed E-state index contributed by atoms with van der Waals surface area (Å²) in [6, 6.07) is 2.45. The molecule has 0 saturated heterocycles. The molecule has 3 rings (SSSR count). The van der Waals surface area contributed by atoms with Crippen molar-refractivity contribution in [2.75, 3.05) is 0 Å². The summed E-state index contributed by atoms with van der Waals surface area (Å²) in [5, 5.41) is 8.74. The van der Waals surface area contributed by atoms with Crippen molar-refractivity contribution in [3.05, 3.63) is 0 Å². The minimum Gasteiger partial charge on any atom is -0.198 e. The minimum atomic E-state index is 0.170. The Balaban J connectivity index is 2.12. The number of nitrogens with zero attached hydrogens (tertiary/aromatic N) is 1. The lowest BCUT2D eigenvalue weighted by molar-refractivity contribution is 0.0488. The highest BCUT2D eigenvalue weighted by atomic mass is 14.5. The largest absolute Gasteiger partial charge is 0.198 e. The molecule has 0 aromatic carbocycles. The molecule has 0 spiro atoms. The Hall–Kier alpha value is -0.510. The van der Waals surface area contributed by atoms with Crippen LogP contribution in [-0.2, 0) is 0 Å². The summed E-state index contributed by atoms with van der Waals surface area (Å²) in [4.78, 5) is 0. The molecule has 1 heteroatoms. The average molecular weight is 121 g/mol. The van der Waals surface area contributed by atoms with Crippen LogP contribution >= 0.6 is 0 Å². The van der Waals surface area contributed by atoms with Gasteiger partial charge in [-0.15, -0.1) is 0 Å². The van der Waals surface area contributed by atoms with Crippen molar-refractivity contribution in [2.45, 2.75) is 32.1 Å². The molecule has 0 aromatic rings. The maximum Gasteiger partial charge on any atom is 0.0689 e. The van der Waals surface area contributed by atoms with Gasteiger partial charge in [-0.25, -0.2) is 0 Å². The van der Waals surface area contributed by atoms with Crippen LogP contribution in [-0.4, -0.2) is 0 Å². The lowest BCUT2D eigenvalue weighted by Gasteiger charge is -2.47. The van der Waals surface area contributed by atoms with Gasteiger partial charge >= 0.3 is 0 Å². The summed E-state index contributed by atoms with van der Waals surface area (Å²) in [6.07, 6.45) is 6.30. The van der Waals surface area contributed by atoms with Crippen LogP contribution in [0.3, 0.4) is 0 Å². The normalized spacial score (nSPS) is 47.2. The van der Waals surface area contributed by atoms with E-state index in [1.165, 1.54) is 32.1 Å². The third-order valence-corrected chi connectivity index (χ3v) is 2.86. The molecule has 48 valence electrons. The van der Waals surface area contributed by atoms with Gasteiger partial charge < -0.3 is 0 Å². The fraction of sp³-hybridized carbons (Fsp3) is 0.875. The van der Waals surface area contributed by atoms with E-state index in [9.17, 15) is 0 Å². The van der Waals surface area contributed by atoms with E-state index in [1.54, 1.807) is 0 Å². The highest BCUT2D eigenvalue weighted by molar-refractivity contribution is 5.10. The van der Waals surface area contributed by atoms with Gasteiger partial charge in [-0.3, -0.25) is 0 Å². The Morgan fingerprint density at radius 3 is 2.56 bits per heavy atom. The Morgan fingerprint density at radius 1 is 1.44 bits per heavy atom. The summed E-state index contributed by atoms with van der Waals surface area (Å²) >= 11 is 0. The predicted molar refractivity (Wildman–Crippen MR) is 34.6 cm³/mol. The van der Waals surface area contributed by atoms with Gasteiger partial charge in [0.15, 0.2) is 0 Å². The standard InChI is InChI=1S/C8H11N/c9-6-8-3-1-2-7(4-8)5-8/h7H,1-5H2. The van der Waals surface area contributed by atoms with Gasteiger partial charge in [-0.1, -0.05) is 12.8 Å². The van der Waals surface area contributed by atoms with Crippen LogP contribution in [0.15, 0.2) is 0 Å². The highest BCUT2D eigenvalue weighted by Crippen LogP contribution is 2.54. The van der Waals surface area contributed by atoms with Crippen LogP contribution in [0.2, 0.25) is 0 Å². The first kappa shape index (κ1) is 5.29. The summed E-state index contributed by atoms with van der Waals surface area (Å²) in [5.41, 5.74) is 0.170. The molecule has 3 fully saturated rings. The van der Waals surface area contributed by atoms with Crippen LogP contribution in [0.25, 0.3) is 0 Å². The average Bonchev–Trinajstić information content (AvgIpc) is 1.88. The van der Waals surface area contributed by atoms with Crippen molar-refractivity contribution >= 4 is 0 Å². The predicted octanol–water partition coefficient (Wildman–Crippen LogP) is 2.09. The summed E-state index contributed by atoms with van der Waals surface area (Å²) in [5.74, 6) is 0.929. The number of rotatable bonds is 0. The summed E-state index contributed by atoms with van der Waals surface area (Å²) in [6.45, 7) is 0. The van der Waals surface area contributed by atoms with E-state index in [0.29, 0.717) is 0 Å². The van der Waals surface area contributed by atoms with Crippen LogP contribution in [0.5, 0.6) is 0 Å². The highest BCUT2D eigenvalue weighted by Gasteiger charge is 2.47. The molecule has 1 nitrogen and oxygen atoms in total. The van der Waals surface area contributed by atoms with Crippen molar-refractivity contribution in [1.29, 1.82) is 5.26 Å². The second kappa shape index (κ2) is 1.50. The molecule has 0 N–H and O–H groups in total. The van der Waals surface area contributed by atoms with Gasteiger partial charge in [0.25, 0.3) is 0 Å². The molecule has 0 amide bonds. The molecule has 3 aliphatic carbocycles. The Kier molecular flexibility index (Phi) is 0.883. The molecule has 0 heterocycles. The molecule has 9 heavy (non-hydrogen) atoms. The SMILES string of the molecule is N#CC12CCCC(C1)C2. The van der Waals surface area contributed by atoms with Crippen molar-refractivity contribution in [2.24, 2.45) is 11.3 Å². The Labute approximate surface area is 55.7 Å². The van der Waals surface area contributed by atoms with Crippen LogP contribution in [0, 0.1) is 22.7 Å². The minimum absolute atomic E-state index is 0.170. The number of fused-ring (bicyclic) bond motifs is 2. The lowest BCUT2D eigenvalue weighted by atomic mass is 9.55. The summed E-state index contributed by atoms with van der Waals surface area (Å²) in [7, 11) is 0. The van der Waals surface area contributed by atoms with E-state index in [0.717, 1.165) is 5.92 Å². The van der Waals surface area contributed by atoms with E-state index in [2.05, 4.69) is 6.07 Å². The molecular formula is C8H11N. The zero-order valence-corrected chi connectivity index (χ0v) is 5.56.